The van der Waals surface area contributed by atoms with E-state index in [2.05, 4.69) is 21.9 Å². The van der Waals surface area contributed by atoms with Crippen LogP contribution in [-0.4, -0.2) is 55.8 Å². The molecular weight excluding hydrogens is 354 g/mol. The van der Waals surface area contributed by atoms with Crippen LogP contribution in [0.2, 0.25) is 0 Å². The predicted molar refractivity (Wildman–Crippen MR) is 106 cm³/mol. The number of rotatable bonds is 5. The Labute approximate surface area is 164 Å². The maximum absolute atomic E-state index is 13.2. The van der Waals surface area contributed by atoms with Gasteiger partial charge >= 0.3 is 6.03 Å². The molecule has 3 aliphatic rings. The standard InChI is InChI=1S/C20H25N7O/c1-2-9-26-19-16(24-17(25-19)13-5-3-4-6-13)18-23-15(11-27(18)20(26)28)10-14-7-8-21-12-22-14/h7-8,12-13,15H,2-6,9-11H2,1H3,(H,24,25). The summed E-state index contributed by atoms with van der Waals surface area (Å²) in [7, 11) is 0. The van der Waals surface area contributed by atoms with E-state index >= 15 is 0 Å². The highest BCUT2D eigenvalue weighted by Gasteiger charge is 2.42. The zero-order chi connectivity index (χ0) is 19.1. The zero-order valence-electron chi connectivity index (χ0n) is 16.1. The van der Waals surface area contributed by atoms with E-state index in [-0.39, 0.29) is 12.1 Å². The first kappa shape index (κ1) is 17.3. The number of amides is 2. The number of H-pyrrole nitrogens is 1. The molecule has 8 nitrogen and oxygen atoms in total. The van der Waals surface area contributed by atoms with Gasteiger partial charge in [0, 0.05) is 30.8 Å². The molecule has 146 valence electrons. The Bertz CT molecular complexity index is 901. The van der Waals surface area contributed by atoms with Crippen molar-refractivity contribution in [1.29, 1.82) is 0 Å². The number of hydrogen-bond donors (Lipinski definition) is 1. The summed E-state index contributed by atoms with van der Waals surface area (Å²) in [4.78, 5) is 38.4. The summed E-state index contributed by atoms with van der Waals surface area (Å²) in [5.74, 6) is 2.98. The molecule has 0 saturated heterocycles. The molecular formula is C20H25N7O. The fraction of sp³-hybridized carbons (Fsp3) is 0.550. The average Bonchev–Trinajstić information content (AvgIpc) is 3.44. The van der Waals surface area contributed by atoms with E-state index in [9.17, 15) is 4.79 Å². The molecule has 2 aromatic heterocycles. The number of hydrogen-bond acceptors (Lipinski definition) is 5. The number of aliphatic imine (C=N–C) groups is 1. The van der Waals surface area contributed by atoms with Crippen LogP contribution in [-0.2, 0) is 6.42 Å². The molecule has 1 N–H and O–H groups in total. The Morgan fingerprint density at radius 1 is 1.29 bits per heavy atom. The third-order valence-corrected chi connectivity index (χ3v) is 5.88. The fourth-order valence-corrected chi connectivity index (χ4v) is 4.53. The first-order valence-corrected chi connectivity index (χ1v) is 10.3. The molecule has 28 heavy (non-hydrogen) atoms. The van der Waals surface area contributed by atoms with Crippen LogP contribution in [0.25, 0.3) is 0 Å². The number of carbonyl (C=O) groups is 1. The Kier molecular flexibility index (Phi) is 4.33. The van der Waals surface area contributed by atoms with Crippen molar-refractivity contribution in [3.05, 3.63) is 35.8 Å². The second-order valence-corrected chi connectivity index (χ2v) is 7.86. The summed E-state index contributed by atoms with van der Waals surface area (Å²) in [5, 5.41) is 0. The van der Waals surface area contributed by atoms with Crippen molar-refractivity contribution in [2.24, 2.45) is 4.99 Å². The SMILES string of the molecule is CCCN1C(=O)N2CC(Cc3ccncn3)N=C2c2[nH]c(C3CCCC3)nc21. The lowest BCUT2D eigenvalue weighted by Crippen LogP contribution is -2.50. The number of amidine groups is 1. The molecule has 4 heterocycles. The normalized spacial score (nSPS) is 21.8. The largest absolute Gasteiger partial charge is 0.337 e. The summed E-state index contributed by atoms with van der Waals surface area (Å²) in [6.07, 6.45) is 9.72. The molecule has 1 saturated carbocycles. The van der Waals surface area contributed by atoms with Crippen molar-refractivity contribution in [2.75, 3.05) is 18.0 Å². The van der Waals surface area contributed by atoms with Gasteiger partial charge in [0.05, 0.1) is 12.6 Å². The van der Waals surface area contributed by atoms with Gasteiger partial charge in [0.1, 0.15) is 17.8 Å². The van der Waals surface area contributed by atoms with Gasteiger partial charge in [-0.1, -0.05) is 19.8 Å². The van der Waals surface area contributed by atoms with Crippen molar-refractivity contribution in [3.63, 3.8) is 0 Å². The zero-order valence-corrected chi connectivity index (χ0v) is 16.1. The lowest BCUT2D eigenvalue weighted by atomic mass is 10.1. The topological polar surface area (TPSA) is 90.4 Å². The van der Waals surface area contributed by atoms with Gasteiger partial charge in [-0.2, -0.15) is 0 Å². The van der Waals surface area contributed by atoms with E-state index < -0.39 is 0 Å². The van der Waals surface area contributed by atoms with Crippen molar-refractivity contribution in [2.45, 2.75) is 57.4 Å². The van der Waals surface area contributed by atoms with E-state index in [0.29, 0.717) is 25.4 Å². The van der Waals surface area contributed by atoms with Gasteiger partial charge in [-0.25, -0.2) is 19.7 Å². The first-order valence-electron chi connectivity index (χ1n) is 10.3. The summed E-state index contributed by atoms with van der Waals surface area (Å²) in [6.45, 7) is 3.33. The van der Waals surface area contributed by atoms with Crippen molar-refractivity contribution < 1.29 is 4.79 Å². The highest BCUT2D eigenvalue weighted by atomic mass is 16.2. The second kappa shape index (κ2) is 7.00. The third kappa shape index (κ3) is 2.87. The van der Waals surface area contributed by atoms with E-state index in [4.69, 9.17) is 9.98 Å². The molecule has 8 heteroatoms. The Morgan fingerprint density at radius 3 is 2.89 bits per heavy atom. The molecule has 5 rings (SSSR count). The van der Waals surface area contributed by atoms with Crippen LogP contribution in [0.5, 0.6) is 0 Å². The van der Waals surface area contributed by atoms with Crippen molar-refractivity contribution in [3.8, 4) is 0 Å². The van der Waals surface area contributed by atoms with Crippen LogP contribution in [0.4, 0.5) is 10.6 Å². The van der Waals surface area contributed by atoms with Crippen LogP contribution in [0, 0.1) is 0 Å². The van der Waals surface area contributed by atoms with Crippen LogP contribution in [0.15, 0.2) is 23.6 Å². The van der Waals surface area contributed by atoms with E-state index in [0.717, 1.165) is 35.3 Å². The van der Waals surface area contributed by atoms with Gasteiger partial charge < -0.3 is 4.98 Å². The number of nitrogens with one attached hydrogen (secondary N) is 1. The summed E-state index contributed by atoms with van der Waals surface area (Å²) in [6, 6.07) is 1.90. The van der Waals surface area contributed by atoms with Gasteiger partial charge in [0.25, 0.3) is 0 Å². The molecule has 1 aliphatic carbocycles. The minimum atomic E-state index is -0.0113. The Hall–Kier alpha value is -2.77. The summed E-state index contributed by atoms with van der Waals surface area (Å²) in [5.41, 5.74) is 1.85. The Morgan fingerprint density at radius 2 is 2.14 bits per heavy atom. The molecule has 2 amide bonds. The summed E-state index contributed by atoms with van der Waals surface area (Å²) < 4.78 is 0. The quantitative estimate of drug-likeness (QED) is 0.865. The van der Waals surface area contributed by atoms with E-state index in [1.807, 2.05) is 11.0 Å². The maximum atomic E-state index is 13.2. The lowest BCUT2D eigenvalue weighted by Gasteiger charge is -2.32. The van der Waals surface area contributed by atoms with Crippen molar-refractivity contribution >= 4 is 17.7 Å². The van der Waals surface area contributed by atoms with E-state index in [1.165, 1.54) is 25.7 Å². The Balaban J connectivity index is 1.49. The smallest absolute Gasteiger partial charge is 0.331 e. The number of carbonyl (C=O) groups excluding carboxylic acids is 1. The first-order chi connectivity index (χ1) is 13.7. The molecule has 0 bridgehead atoms. The maximum Gasteiger partial charge on any atom is 0.331 e. The molecule has 1 atom stereocenters. The number of nitrogens with zero attached hydrogens (tertiary/aromatic N) is 6. The average molecular weight is 379 g/mol. The molecule has 0 radical (unpaired) electrons. The molecule has 0 spiro atoms. The van der Waals surface area contributed by atoms with Crippen LogP contribution in [0.3, 0.4) is 0 Å². The number of imidazole rings is 1. The number of anilines is 1. The van der Waals surface area contributed by atoms with Crippen LogP contribution in [0.1, 0.15) is 62.2 Å². The van der Waals surface area contributed by atoms with Gasteiger partial charge in [0.15, 0.2) is 11.7 Å². The van der Waals surface area contributed by atoms with Crippen molar-refractivity contribution in [1.82, 2.24) is 24.8 Å². The van der Waals surface area contributed by atoms with Gasteiger partial charge in [-0.05, 0) is 25.3 Å². The van der Waals surface area contributed by atoms with E-state index in [1.54, 1.807) is 17.4 Å². The fourth-order valence-electron chi connectivity index (χ4n) is 4.53. The van der Waals surface area contributed by atoms with Gasteiger partial charge in [-0.3, -0.25) is 14.8 Å². The molecule has 1 unspecified atom stereocenters. The minimum absolute atomic E-state index is 0.00140. The predicted octanol–water partition coefficient (Wildman–Crippen LogP) is 2.88. The van der Waals surface area contributed by atoms with Crippen LogP contribution < -0.4 is 4.90 Å². The van der Waals surface area contributed by atoms with Gasteiger partial charge in [-0.15, -0.1) is 0 Å². The molecule has 2 aliphatic heterocycles. The monoisotopic (exact) mass is 379 g/mol. The number of aromatic amines is 1. The van der Waals surface area contributed by atoms with Crippen LogP contribution >= 0.6 is 0 Å². The molecule has 2 aromatic rings. The molecule has 1 fully saturated rings. The lowest BCUT2D eigenvalue weighted by molar-refractivity contribution is 0.226. The highest BCUT2D eigenvalue weighted by Crippen LogP contribution is 2.37. The third-order valence-electron chi connectivity index (χ3n) is 5.88. The highest BCUT2D eigenvalue weighted by molar-refractivity contribution is 6.18. The number of fused-ring (bicyclic) bond motifs is 3. The second-order valence-electron chi connectivity index (χ2n) is 7.86. The summed E-state index contributed by atoms with van der Waals surface area (Å²) >= 11 is 0. The van der Waals surface area contributed by atoms with Gasteiger partial charge in [0.2, 0.25) is 0 Å². The number of aromatic nitrogens is 4. The molecule has 0 aromatic carbocycles. The number of urea groups is 1. The minimum Gasteiger partial charge on any atom is -0.337 e.